The maximum absolute atomic E-state index is 13.2. The molecule has 28 heavy (non-hydrogen) atoms. The van der Waals surface area contributed by atoms with Crippen molar-refractivity contribution in [3.05, 3.63) is 0 Å². The van der Waals surface area contributed by atoms with Crippen LogP contribution in [0.3, 0.4) is 0 Å². The molecular weight excluding hydrogens is 390 g/mol. The smallest absolute Gasteiger partial charge is 0.412 e. The first-order chi connectivity index (χ1) is 13.2. The minimum atomic E-state index is -0.615. The number of nitrogens with zero attached hydrogens (tertiary/aromatic N) is 1. The van der Waals surface area contributed by atoms with Gasteiger partial charge in [-0.15, -0.1) is 23.5 Å². The van der Waals surface area contributed by atoms with E-state index in [0.717, 1.165) is 12.8 Å². The lowest BCUT2D eigenvalue weighted by atomic mass is 9.83. The summed E-state index contributed by atoms with van der Waals surface area (Å²) in [6, 6.07) is 0.121. The van der Waals surface area contributed by atoms with Gasteiger partial charge in [0.05, 0.1) is 16.7 Å². The van der Waals surface area contributed by atoms with E-state index in [0.29, 0.717) is 10.5 Å². The molecule has 6 heteroatoms. The Morgan fingerprint density at radius 2 is 1.71 bits per heavy atom. The topological polar surface area (TPSA) is 38.8 Å². The maximum Gasteiger partial charge on any atom is 0.412 e. The van der Waals surface area contributed by atoms with E-state index in [1.54, 1.807) is 0 Å². The van der Waals surface area contributed by atoms with Gasteiger partial charge < -0.3 is 9.47 Å². The Labute approximate surface area is 180 Å². The molecule has 3 fully saturated rings. The molecule has 0 unspecified atom stereocenters. The third-order valence-electron chi connectivity index (χ3n) is 5.99. The molecule has 1 amide bonds. The summed E-state index contributed by atoms with van der Waals surface area (Å²) in [5, 5.41) is 0. The number of hydrogen-bond donors (Lipinski definition) is 0. The normalized spacial score (nSPS) is 29.8. The molecule has 2 atom stereocenters. The van der Waals surface area contributed by atoms with Crippen molar-refractivity contribution in [2.24, 2.45) is 5.92 Å². The molecule has 162 valence electrons. The summed E-state index contributed by atoms with van der Waals surface area (Å²) in [4.78, 5) is 15.1. The van der Waals surface area contributed by atoms with Crippen molar-refractivity contribution >= 4 is 29.6 Å². The Morgan fingerprint density at radius 1 is 1.07 bits per heavy atom. The van der Waals surface area contributed by atoms with Crippen LogP contribution in [0.4, 0.5) is 4.79 Å². The zero-order chi connectivity index (χ0) is 20.4. The highest BCUT2D eigenvalue weighted by atomic mass is 32.2. The molecule has 1 saturated carbocycles. The lowest BCUT2D eigenvalue weighted by Crippen LogP contribution is -2.51. The fourth-order valence-corrected chi connectivity index (χ4v) is 7.77. The average molecular weight is 430 g/mol. The summed E-state index contributed by atoms with van der Waals surface area (Å²) in [7, 11) is 0. The number of amides is 1. The van der Waals surface area contributed by atoms with Crippen molar-refractivity contribution in [1.82, 2.24) is 4.90 Å². The van der Waals surface area contributed by atoms with Crippen LogP contribution in [0, 0.1) is 5.92 Å². The second kappa shape index (κ2) is 9.38. The number of hydrogen-bond acceptors (Lipinski definition) is 5. The highest BCUT2D eigenvalue weighted by Gasteiger charge is 2.52. The molecule has 3 aliphatic rings. The van der Waals surface area contributed by atoms with Gasteiger partial charge in [0, 0.05) is 0 Å². The van der Waals surface area contributed by atoms with Crippen LogP contribution in [0.1, 0.15) is 86.0 Å². The van der Waals surface area contributed by atoms with Gasteiger partial charge in [-0.3, -0.25) is 4.90 Å². The summed E-state index contributed by atoms with van der Waals surface area (Å²) in [6.45, 7) is 9.89. The van der Waals surface area contributed by atoms with Crippen LogP contribution in [-0.2, 0) is 9.47 Å². The van der Waals surface area contributed by atoms with Crippen molar-refractivity contribution in [2.75, 3.05) is 11.5 Å². The van der Waals surface area contributed by atoms with E-state index in [1.807, 2.05) is 39.5 Å². The molecule has 2 aliphatic heterocycles. The van der Waals surface area contributed by atoms with Gasteiger partial charge in [0.2, 0.25) is 0 Å². The van der Waals surface area contributed by atoms with Gasteiger partial charge >= 0.3 is 6.09 Å². The van der Waals surface area contributed by atoms with E-state index in [1.165, 1.54) is 50.0 Å². The van der Waals surface area contributed by atoms with E-state index < -0.39 is 11.3 Å². The molecule has 2 heterocycles. The fraction of sp³-hybridized carbons (Fsp3) is 0.955. The van der Waals surface area contributed by atoms with Gasteiger partial charge in [0.25, 0.3) is 0 Å². The van der Waals surface area contributed by atoms with E-state index in [9.17, 15) is 4.79 Å². The van der Waals surface area contributed by atoms with Gasteiger partial charge in [-0.25, -0.2) is 4.79 Å². The quantitative estimate of drug-likeness (QED) is 0.525. The van der Waals surface area contributed by atoms with Gasteiger partial charge in [-0.05, 0) is 71.3 Å². The summed E-state index contributed by atoms with van der Waals surface area (Å²) < 4.78 is 12.9. The van der Waals surface area contributed by atoms with E-state index >= 15 is 0 Å². The Bertz CT molecular complexity index is 522. The van der Waals surface area contributed by atoms with Crippen LogP contribution in [0.15, 0.2) is 0 Å². The Morgan fingerprint density at radius 3 is 2.32 bits per heavy atom. The molecule has 0 N–H and O–H groups in total. The van der Waals surface area contributed by atoms with E-state index in [2.05, 4.69) is 23.5 Å². The highest BCUT2D eigenvalue weighted by molar-refractivity contribution is 8.17. The first-order valence-corrected chi connectivity index (χ1v) is 13.2. The van der Waals surface area contributed by atoms with Crippen LogP contribution in [0.25, 0.3) is 0 Å². The summed E-state index contributed by atoms with van der Waals surface area (Å²) in [5.41, 5.74) is -1.11. The summed E-state index contributed by atoms with van der Waals surface area (Å²) >= 11 is 4.13. The number of rotatable bonds is 4. The first kappa shape index (κ1) is 22.6. The van der Waals surface area contributed by atoms with Crippen LogP contribution in [-0.4, -0.2) is 50.6 Å². The lowest BCUT2D eigenvalue weighted by molar-refractivity contribution is -0.0793. The van der Waals surface area contributed by atoms with Gasteiger partial charge in [0.1, 0.15) is 11.3 Å². The summed E-state index contributed by atoms with van der Waals surface area (Å²) in [5.74, 6) is 3.20. The molecule has 4 nitrogen and oxygen atoms in total. The monoisotopic (exact) mass is 429 g/mol. The minimum absolute atomic E-state index is 0.104. The minimum Gasteiger partial charge on any atom is -0.444 e. The van der Waals surface area contributed by atoms with Crippen molar-refractivity contribution in [3.8, 4) is 0 Å². The molecule has 0 spiro atoms. The Kier molecular flexibility index (Phi) is 7.58. The molecule has 2 saturated heterocycles. The number of ether oxygens (including phenoxy) is 2. The Hall–Kier alpha value is -0.0700. The zero-order valence-electron chi connectivity index (χ0n) is 18.4. The molecule has 0 radical (unpaired) electrons. The molecular formula is C22H39NO3S2. The van der Waals surface area contributed by atoms with Crippen molar-refractivity contribution < 1.29 is 14.3 Å². The summed E-state index contributed by atoms with van der Waals surface area (Å²) in [6.07, 6.45) is 9.86. The van der Waals surface area contributed by atoms with Crippen molar-refractivity contribution in [3.63, 3.8) is 0 Å². The van der Waals surface area contributed by atoms with E-state index in [-0.39, 0.29) is 18.2 Å². The van der Waals surface area contributed by atoms with Crippen LogP contribution >= 0.6 is 23.5 Å². The van der Waals surface area contributed by atoms with Gasteiger partial charge in [-0.2, -0.15) is 0 Å². The highest BCUT2D eigenvalue weighted by Crippen LogP contribution is 2.43. The van der Waals surface area contributed by atoms with E-state index in [4.69, 9.17) is 9.47 Å². The molecule has 0 aromatic carbocycles. The van der Waals surface area contributed by atoms with Gasteiger partial charge in [-0.1, -0.05) is 32.1 Å². The molecule has 1 aliphatic carbocycles. The zero-order valence-corrected chi connectivity index (χ0v) is 20.0. The standard InChI is InChI=1S/C22H39NO3S2/c1-21(2,3)26-20(24)23-17(14-16-10-7-6-8-11-16)18(25-22(23,4)5)15-19-27-12-9-13-28-19/h16-19H,6-15H2,1-5H3/t17-,18-/m0/s1. The SMILES string of the molecule is CC(C)(C)OC(=O)N1[C@@H](CC2CCCCC2)[C@H](CC2SCCCS2)OC1(C)C. The number of carbonyl (C=O) groups is 1. The molecule has 3 rings (SSSR count). The average Bonchev–Trinajstić information content (AvgIpc) is 2.85. The number of thioether (sulfide) groups is 2. The van der Waals surface area contributed by atoms with Crippen LogP contribution in [0.2, 0.25) is 0 Å². The Balaban J connectivity index is 1.77. The third-order valence-corrected chi connectivity index (χ3v) is 8.99. The number of carbonyl (C=O) groups excluding carboxylic acids is 1. The fourth-order valence-electron chi connectivity index (χ4n) is 4.83. The lowest BCUT2D eigenvalue weighted by Gasteiger charge is -2.37. The molecule has 0 aromatic heterocycles. The molecule has 0 bridgehead atoms. The second-order valence-corrected chi connectivity index (χ2v) is 12.9. The largest absolute Gasteiger partial charge is 0.444 e. The van der Waals surface area contributed by atoms with Crippen molar-refractivity contribution in [1.29, 1.82) is 0 Å². The van der Waals surface area contributed by atoms with Gasteiger partial charge in [0.15, 0.2) is 0 Å². The maximum atomic E-state index is 13.2. The van der Waals surface area contributed by atoms with Crippen LogP contribution < -0.4 is 0 Å². The third kappa shape index (κ3) is 5.98. The first-order valence-electron chi connectivity index (χ1n) is 11.1. The second-order valence-electron chi connectivity index (χ2n) is 10.0. The molecule has 0 aromatic rings. The van der Waals surface area contributed by atoms with Crippen molar-refractivity contribution in [2.45, 2.75) is 114 Å². The van der Waals surface area contributed by atoms with Crippen LogP contribution in [0.5, 0.6) is 0 Å². The predicted molar refractivity (Wildman–Crippen MR) is 120 cm³/mol. The predicted octanol–water partition coefficient (Wildman–Crippen LogP) is 6.28.